The van der Waals surface area contributed by atoms with E-state index in [4.69, 9.17) is 0 Å². The highest BCUT2D eigenvalue weighted by Gasteiger charge is 2.17. The van der Waals surface area contributed by atoms with E-state index < -0.39 is 0 Å². The Hall–Kier alpha value is -0.900. The molecule has 0 saturated carbocycles. The van der Waals surface area contributed by atoms with Crippen molar-refractivity contribution < 1.29 is 0 Å². The zero-order valence-electron chi connectivity index (χ0n) is 10.4. The molecule has 0 aromatic carbocycles. The molecule has 1 N–H and O–H groups in total. The Morgan fingerprint density at radius 2 is 1.93 bits per heavy atom. The minimum atomic E-state index is 0.345. The second-order valence-corrected chi connectivity index (χ2v) is 3.91. The Labute approximate surface area is 92.1 Å². The van der Waals surface area contributed by atoms with Crippen LogP contribution in [0.1, 0.15) is 45.4 Å². The van der Waals surface area contributed by atoms with E-state index in [0.29, 0.717) is 12.1 Å². The molecule has 0 aliphatic carbocycles. The van der Waals surface area contributed by atoms with E-state index in [1.807, 2.05) is 7.05 Å². The maximum absolute atomic E-state index is 4.53. The number of hydrogen-bond donors (Lipinski definition) is 1. The van der Waals surface area contributed by atoms with E-state index >= 15 is 0 Å². The van der Waals surface area contributed by atoms with Crippen LogP contribution in [0, 0.1) is 0 Å². The highest BCUT2D eigenvalue weighted by atomic mass is 15.4. The summed E-state index contributed by atoms with van der Waals surface area (Å²) in [6.07, 6.45) is 1.84. The first-order chi connectivity index (χ1) is 7.13. The summed E-state index contributed by atoms with van der Waals surface area (Å²) in [7, 11) is 1.98. The average molecular weight is 210 g/mol. The first-order valence-corrected chi connectivity index (χ1v) is 5.75. The highest BCUT2D eigenvalue weighted by molar-refractivity contribution is 4.95. The lowest BCUT2D eigenvalue weighted by Gasteiger charge is -2.20. The minimum absolute atomic E-state index is 0.345. The smallest absolute Gasteiger partial charge is 0.150 e. The van der Waals surface area contributed by atoms with Gasteiger partial charge in [-0.25, -0.2) is 9.67 Å². The van der Waals surface area contributed by atoms with Gasteiger partial charge in [-0.15, -0.1) is 0 Å². The lowest BCUT2D eigenvalue weighted by molar-refractivity contribution is 0.372. The summed E-state index contributed by atoms with van der Waals surface area (Å²) in [6.45, 7) is 8.55. The van der Waals surface area contributed by atoms with E-state index in [-0.39, 0.29) is 0 Å². The van der Waals surface area contributed by atoms with Crippen molar-refractivity contribution in [2.75, 3.05) is 7.05 Å². The maximum Gasteiger partial charge on any atom is 0.150 e. The third-order valence-electron chi connectivity index (χ3n) is 2.94. The van der Waals surface area contributed by atoms with Crippen molar-refractivity contribution in [2.24, 2.45) is 0 Å². The maximum atomic E-state index is 4.53. The quantitative estimate of drug-likeness (QED) is 0.802. The molecule has 1 heterocycles. The molecule has 1 rings (SSSR count). The predicted molar refractivity (Wildman–Crippen MR) is 62.0 cm³/mol. The molecule has 15 heavy (non-hydrogen) atoms. The molecule has 0 aliphatic rings. The van der Waals surface area contributed by atoms with E-state index in [0.717, 1.165) is 24.5 Å². The molecule has 0 bridgehead atoms. The summed E-state index contributed by atoms with van der Waals surface area (Å²) in [4.78, 5) is 4.51. The molecule has 0 aliphatic heterocycles. The molecule has 0 amide bonds. The fourth-order valence-electron chi connectivity index (χ4n) is 1.57. The van der Waals surface area contributed by atoms with Crippen LogP contribution in [-0.2, 0) is 12.8 Å². The molecule has 0 fully saturated rings. The SMILES string of the molecule is CCc1nc(CC)n(C(C)C(C)NC)n1. The van der Waals surface area contributed by atoms with Crippen LogP contribution in [-0.4, -0.2) is 27.9 Å². The number of likely N-dealkylation sites (N-methyl/N-ethyl adjacent to an activating group) is 1. The zero-order valence-corrected chi connectivity index (χ0v) is 10.4. The second-order valence-electron chi connectivity index (χ2n) is 3.91. The van der Waals surface area contributed by atoms with Crippen molar-refractivity contribution in [3.63, 3.8) is 0 Å². The lowest BCUT2D eigenvalue weighted by Crippen LogP contribution is -2.32. The number of nitrogens with zero attached hydrogens (tertiary/aromatic N) is 3. The highest BCUT2D eigenvalue weighted by Crippen LogP contribution is 2.13. The lowest BCUT2D eigenvalue weighted by atomic mass is 10.2. The zero-order chi connectivity index (χ0) is 11.4. The van der Waals surface area contributed by atoms with Crippen LogP contribution in [0.5, 0.6) is 0 Å². The number of nitrogens with one attached hydrogen (secondary N) is 1. The van der Waals surface area contributed by atoms with Crippen LogP contribution in [0.25, 0.3) is 0 Å². The van der Waals surface area contributed by atoms with Gasteiger partial charge in [-0.05, 0) is 20.9 Å². The molecular formula is C11H22N4. The number of aromatic nitrogens is 3. The van der Waals surface area contributed by atoms with E-state index in [2.05, 4.69) is 47.8 Å². The van der Waals surface area contributed by atoms with Gasteiger partial charge in [0.2, 0.25) is 0 Å². The van der Waals surface area contributed by atoms with Crippen LogP contribution in [0.15, 0.2) is 0 Å². The molecule has 0 saturated heterocycles. The molecular weight excluding hydrogens is 188 g/mol. The first-order valence-electron chi connectivity index (χ1n) is 5.75. The Balaban J connectivity index is 2.95. The van der Waals surface area contributed by atoms with Gasteiger partial charge in [0.25, 0.3) is 0 Å². The topological polar surface area (TPSA) is 42.7 Å². The molecule has 2 unspecified atom stereocenters. The Morgan fingerprint density at radius 3 is 2.40 bits per heavy atom. The minimum Gasteiger partial charge on any atom is -0.315 e. The predicted octanol–water partition coefficient (Wildman–Crippen LogP) is 1.57. The van der Waals surface area contributed by atoms with Crippen LogP contribution in [0.2, 0.25) is 0 Å². The van der Waals surface area contributed by atoms with Gasteiger partial charge in [0.05, 0.1) is 6.04 Å². The van der Waals surface area contributed by atoms with Crippen molar-refractivity contribution >= 4 is 0 Å². The molecule has 86 valence electrons. The van der Waals surface area contributed by atoms with E-state index in [1.54, 1.807) is 0 Å². The summed E-state index contributed by atoms with van der Waals surface area (Å²) >= 11 is 0. The fraction of sp³-hybridized carbons (Fsp3) is 0.818. The van der Waals surface area contributed by atoms with Crippen LogP contribution in [0.4, 0.5) is 0 Å². The summed E-state index contributed by atoms with van der Waals surface area (Å²) in [5, 5.41) is 7.79. The van der Waals surface area contributed by atoms with Crippen LogP contribution in [0.3, 0.4) is 0 Å². The molecule has 4 nitrogen and oxygen atoms in total. The van der Waals surface area contributed by atoms with Gasteiger partial charge in [0, 0.05) is 18.9 Å². The van der Waals surface area contributed by atoms with E-state index in [9.17, 15) is 0 Å². The average Bonchev–Trinajstić information content (AvgIpc) is 2.69. The third-order valence-corrected chi connectivity index (χ3v) is 2.94. The first kappa shape index (κ1) is 12.2. The van der Waals surface area contributed by atoms with Crippen molar-refractivity contribution in [3.8, 4) is 0 Å². The Kier molecular flexibility index (Phi) is 4.27. The summed E-state index contributed by atoms with van der Waals surface area (Å²) in [5.74, 6) is 2.03. The molecule has 0 spiro atoms. The Morgan fingerprint density at radius 1 is 1.27 bits per heavy atom. The summed E-state index contributed by atoms with van der Waals surface area (Å²) in [5.41, 5.74) is 0. The fourth-order valence-corrected chi connectivity index (χ4v) is 1.57. The van der Waals surface area contributed by atoms with Crippen LogP contribution < -0.4 is 5.32 Å². The largest absolute Gasteiger partial charge is 0.315 e. The number of aryl methyl sites for hydroxylation is 2. The van der Waals surface area contributed by atoms with Crippen molar-refractivity contribution in [2.45, 2.75) is 52.6 Å². The van der Waals surface area contributed by atoms with Gasteiger partial charge in [-0.3, -0.25) is 0 Å². The van der Waals surface area contributed by atoms with Crippen molar-refractivity contribution in [1.82, 2.24) is 20.1 Å². The molecule has 2 atom stereocenters. The van der Waals surface area contributed by atoms with Gasteiger partial charge in [-0.1, -0.05) is 13.8 Å². The molecule has 0 radical (unpaired) electrons. The van der Waals surface area contributed by atoms with Crippen molar-refractivity contribution in [3.05, 3.63) is 11.6 Å². The van der Waals surface area contributed by atoms with Gasteiger partial charge < -0.3 is 5.32 Å². The summed E-state index contributed by atoms with van der Waals surface area (Å²) < 4.78 is 2.06. The van der Waals surface area contributed by atoms with E-state index in [1.165, 1.54) is 0 Å². The third kappa shape index (κ3) is 2.56. The van der Waals surface area contributed by atoms with Gasteiger partial charge in [-0.2, -0.15) is 5.10 Å². The van der Waals surface area contributed by atoms with Crippen LogP contribution >= 0.6 is 0 Å². The number of rotatable bonds is 5. The normalized spacial score (nSPS) is 15.3. The monoisotopic (exact) mass is 210 g/mol. The molecule has 4 heteroatoms. The summed E-state index contributed by atoms with van der Waals surface area (Å²) in [6, 6.07) is 0.749. The van der Waals surface area contributed by atoms with Gasteiger partial charge in [0.1, 0.15) is 5.82 Å². The van der Waals surface area contributed by atoms with Gasteiger partial charge in [0.15, 0.2) is 5.82 Å². The number of hydrogen-bond acceptors (Lipinski definition) is 3. The Bertz CT molecular complexity index is 306. The van der Waals surface area contributed by atoms with Crippen molar-refractivity contribution in [1.29, 1.82) is 0 Å². The standard InChI is InChI=1S/C11H22N4/c1-6-10-13-11(7-2)15(14-10)9(4)8(3)12-5/h8-9,12H,6-7H2,1-5H3. The molecule has 1 aromatic rings. The van der Waals surface area contributed by atoms with Gasteiger partial charge >= 0.3 is 0 Å². The molecule has 1 aromatic heterocycles. The second kappa shape index (κ2) is 5.26.